The van der Waals surface area contributed by atoms with Crippen molar-refractivity contribution in [3.63, 3.8) is 0 Å². The summed E-state index contributed by atoms with van der Waals surface area (Å²) in [6.45, 7) is 2.54. The number of aliphatic hydroxyl groups is 3. The van der Waals surface area contributed by atoms with Crippen molar-refractivity contribution in [2.45, 2.75) is 127 Å². The standard InChI is InChI=1S/C24H47O19P3/c1-3-5-7-9-11-12-17(25)38-14-16(40-18(26)13-10-8-6-4-2)15-39-46(36,37)43-22-19(27)20(28)23(41-44(30,31)32)24(21(22)29)42-45(33,34)35/h16,19-24,27-29H,3-15H2,1-2H3,(H,36,37)(H2,30,31,32)(H2,33,34,35)/t16-,19-,20+,21+,22-,23-,24-/m1/s1. The molecule has 1 fully saturated rings. The molecule has 0 radical (unpaired) electrons. The van der Waals surface area contributed by atoms with Gasteiger partial charge >= 0.3 is 35.4 Å². The number of carbonyl (C=O) groups is 2. The molecular weight excluding hydrogens is 685 g/mol. The van der Waals surface area contributed by atoms with Crippen molar-refractivity contribution >= 4 is 35.4 Å². The van der Waals surface area contributed by atoms with Crippen LogP contribution in [-0.4, -0.2) is 108 Å². The summed E-state index contributed by atoms with van der Waals surface area (Å²) in [5, 5.41) is 31.3. The summed E-state index contributed by atoms with van der Waals surface area (Å²) < 4.78 is 64.0. The van der Waals surface area contributed by atoms with E-state index < -0.39 is 91.3 Å². The summed E-state index contributed by atoms with van der Waals surface area (Å²) in [5.74, 6) is -1.33. The minimum absolute atomic E-state index is 0.00762. The second kappa shape index (κ2) is 20.6. The van der Waals surface area contributed by atoms with Gasteiger partial charge in [-0.15, -0.1) is 0 Å². The molecule has 0 spiro atoms. The number of aliphatic hydroxyl groups excluding tert-OH is 3. The van der Waals surface area contributed by atoms with Crippen LogP contribution < -0.4 is 0 Å². The molecule has 0 aromatic carbocycles. The number of esters is 2. The van der Waals surface area contributed by atoms with Crippen LogP contribution in [0, 0.1) is 0 Å². The topological polar surface area (TPSA) is 303 Å². The molecule has 0 bridgehead atoms. The first-order chi connectivity index (χ1) is 21.3. The van der Waals surface area contributed by atoms with Crippen molar-refractivity contribution < 1.29 is 90.6 Å². The summed E-state index contributed by atoms with van der Waals surface area (Å²) in [6, 6.07) is 0. The van der Waals surface area contributed by atoms with Crippen molar-refractivity contribution in [3.8, 4) is 0 Å². The van der Waals surface area contributed by atoms with Crippen molar-refractivity contribution in [1.82, 2.24) is 0 Å². The largest absolute Gasteiger partial charge is 0.472 e. The van der Waals surface area contributed by atoms with E-state index in [0.717, 1.165) is 44.9 Å². The molecule has 272 valence electrons. The molecule has 8 atom stereocenters. The summed E-state index contributed by atoms with van der Waals surface area (Å²) in [4.78, 5) is 71.4. The van der Waals surface area contributed by atoms with Crippen LogP contribution in [0.1, 0.15) is 84.5 Å². The highest BCUT2D eigenvalue weighted by molar-refractivity contribution is 7.47. The first-order valence-electron chi connectivity index (χ1n) is 14.8. The van der Waals surface area contributed by atoms with Crippen LogP contribution in [0.4, 0.5) is 0 Å². The Kier molecular flexibility index (Phi) is 19.3. The highest BCUT2D eigenvalue weighted by Crippen LogP contribution is 2.51. The van der Waals surface area contributed by atoms with Gasteiger partial charge in [0.1, 0.15) is 43.2 Å². The van der Waals surface area contributed by atoms with E-state index in [1.54, 1.807) is 0 Å². The zero-order valence-electron chi connectivity index (χ0n) is 25.6. The van der Waals surface area contributed by atoms with Gasteiger partial charge in [-0.25, -0.2) is 13.7 Å². The summed E-state index contributed by atoms with van der Waals surface area (Å²) >= 11 is 0. The van der Waals surface area contributed by atoms with E-state index >= 15 is 0 Å². The predicted octanol–water partition coefficient (Wildman–Crippen LogP) is 1.33. The quantitative estimate of drug-likeness (QED) is 0.0417. The zero-order chi connectivity index (χ0) is 35.1. The lowest BCUT2D eigenvalue weighted by Crippen LogP contribution is -2.65. The summed E-state index contributed by atoms with van der Waals surface area (Å²) in [5.41, 5.74) is 0. The minimum Gasteiger partial charge on any atom is -0.462 e. The Morgan fingerprint density at radius 1 is 0.609 bits per heavy atom. The number of unbranched alkanes of at least 4 members (excludes halogenated alkanes) is 7. The third kappa shape index (κ3) is 17.5. The number of phosphoric ester groups is 3. The molecule has 8 N–H and O–H groups in total. The third-order valence-corrected chi connectivity index (χ3v) is 8.69. The average molecular weight is 733 g/mol. The molecule has 22 heteroatoms. The lowest BCUT2D eigenvalue weighted by atomic mass is 9.85. The minimum atomic E-state index is -5.57. The predicted molar refractivity (Wildman–Crippen MR) is 155 cm³/mol. The molecule has 1 aliphatic carbocycles. The normalized spacial score (nSPS) is 25.9. The fourth-order valence-corrected chi connectivity index (χ4v) is 6.50. The van der Waals surface area contributed by atoms with Crippen molar-refractivity contribution in [2.24, 2.45) is 0 Å². The molecule has 19 nitrogen and oxygen atoms in total. The van der Waals surface area contributed by atoms with E-state index in [9.17, 15) is 53.3 Å². The van der Waals surface area contributed by atoms with Gasteiger partial charge in [0, 0.05) is 12.8 Å². The maximum absolute atomic E-state index is 12.8. The van der Waals surface area contributed by atoms with E-state index in [1.807, 2.05) is 13.8 Å². The Labute approximate surface area is 266 Å². The van der Waals surface area contributed by atoms with Crippen LogP contribution in [0.2, 0.25) is 0 Å². The number of rotatable bonds is 23. The van der Waals surface area contributed by atoms with Gasteiger partial charge in [0.05, 0.1) is 6.61 Å². The average Bonchev–Trinajstić information content (AvgIpc) is 2.94. The van der Waals surface area contributed by atoms with Crippen LogP contribution in [-0.2, 0) is 50.9 Å². The van der Waals surface area contributed by atoms with Gasteiger partial charge in [0.15, 0.2) is 6.10 Å². The Hall–Kier alpha value is -0.850. The van der Waals surface area contributed by atoms with Gasteiger partial charge < -0.3 is 49.3 Å². The van der Waals surface area contributed by atoms with Crippen LogP contribution in [0.25, 0.3) is 0 Å². The van der Waals surface area contributed by atoms with E-state index in [-0.39, 0.29) is 12.8 Å². The molecule has 0 saturated heterocycles. The second-order valence-electron chi connectivity index (χ2n) is 10.7. The number of phosphoric acid groups is 3. The Morgan fingerprint density at radius 2 is 1.07 bits per heavy atom. The molecule has 1 rings (SSSR count). The van der Waals surface area contributed by atoms with Crippen LogP contribution in [0.3, 0.4) is 0 Å². The van der Waals surface area contributed by atoms with Crippen molar-refractivity contribution in [1.29, 1.82) is 0 Å². The van der Waals surface area contributed by atoms with Crippen LogP contribution in [0.15, 0.2) is 0 Å². The highest BCUT2D eigenvalue weighted by atomic mass is 31.2. The van der Waals surface area contributed by atoms with E-state index in [1.165, 1.54) is 0 Å². The van der Waals surface area contributed by atoms with Gasteiger partial charge in [0.2, 0.25) is 0 Å². The van der Waals surface area contributed by atoms with Crippen molar-refractivity contribution in [2.75, 3.05) is 13.2 Å². The van der Waals surface area contributed by atoms with E-state index in [0.29, 0.717) is 12.8 Å². The maximum atomic E-state index is 12.8. The van der Waals surface area contributed by atoms with Gasteiger partial charge in [-0.1, -0.05) is 58.8 Å². The Bertz CT molecular complexity index is 1060. The molecule has 1 unspecified atom stereocenters. The first-order valence-corrected chi connectivity index (χ1v) is 19.4. The van der Waals surface area contributed by atoms with Gasteiger partial charge in [-0.2, -0.15) is 0 Å². The lowest BCUT2D eigenvalue weighted by Gasteiger charge is -2.44. The molecule has 1 saturated carbocycles. The maximum Gasteiger partial charge on any atom is 0.472 e. The molecule has 0 amide bonds. The van der Waals surface area contributed by atoms with Gasteiger partial charge in [-0.05, 0) is 12.8 Å². The molecule has 0 aromatic heterocycles. The highest BCUT2D eigenvalue weighted by Gasteiger charge is 2.56. The third-order valence-electron chi connectivity index (χ3n) is 6.66. The number of carbonyl (C=O) groups excluding carboxylic acids is 2. The molecule has 0 aromatic rings. The van der Waals surface area contributed by atoms with Gasteiger partial charge in [0.25, 0.3) is 0 Å². The fourth-order valence-electron chi connectivity index (χ4n) is 4.40. The number of hydrogen-bond acceptors (Lipinski definition) is 14. The number of ether oxygens (including phenoxy) is 2. The molecule has 1 aliphatic rings. The monoisotopic (exact) mass is 732 g/mol. The van der Waals surface area contributed by atoms with E-state index in [2.05, 4.69) is 9.05 Å². The zero-order valence-corrected chi connectivity index (χ0v) is 28.3. The van der Waals surface area contributed by atoms with E-state index in [4.69, 9.17) is 28.3 Å². The van der Waals surface area contributed by atoms with Gasteiger partial charge in [-0.3, -0.25) is 27.7 Å². The Balaban J connectivity index is 2.99. The molecule has 0 aliphatic heterocycles. The smallest absolute Gasteiger partial charge is 0.462 e. The molecule has 46 heavy (non-hydrogen) atoms. The van der Waals surface area contributed by atoms with Crippen LogP contribution in [0.5, 0.6) is 0 Å². The summed E-state index contributed by atoms with van der Waals surface area (Å²) in [6.07, 6.45) is -8.90. The number of hydrogen-bond donors (Lipinski definition) is 8. The summed E-state index contributed by atoms with van der Waals surface area (Å²) in [7, 11) is -16.5. The Morgan fingerprint density at radius 3 is 1.59 bits per heavy atom. The molecular formula is C24H47O19P3. The van der Waals surface area contributed by atoms with Crippen molar-refractivity contribution in [3.05, 3.63) is 0 Å². The molecule has 0 heterocycles. The lowest BCUT2D eigenvalue weighted by molar-refractivity contribution is -0.213. The van der Waals surface area contributed by atoms with Crippen LogP contribution >= 0.6 is 23.5 Å². The first kappa shape index (κ1) is 43.2. The SMILES string of the molecule is CCCCCCCC(=O)OC[C@H](COP(=O)(O)O[C@@H]1[C@H](O)[C@H](O)[C@@H](OP(=O)(O)O)[C@H](OP(=O)(O)O)[C@H]1O)OC(=O)CCCCCC. The second-order valence-corrected chi connectivity index (χ2v) is 14.5. The fraction of sp³-hybridized carbons (Fsp3) is 0.917.